The number of carbonyl (C=O) groups is 1. The smallest absolute Gasteiger partial charge is 0.253 e. The van der Waals surface area contributed by atoms with Crippen molar-refractivity contribution < 1.29 is 9.53 Å². The summed E-state index contributed by atoms with van der Waals surface area (Å²) in [5.41, 5.74) is 2.53. The molecule has 26 heavy (non-hydrogen) atoms. The van der Waals surface area contributed by atoms with Crippen LogP contribution in [0.25, 0.3) is 0 Å². The highest BCUT2D eigenvalue weighted by molar-refractivity contribution is 5.94. The Kier molecular flexibility index (Phi) is 4.08. The summed E-state index contributed by atoms with van der Waals surface area (Å²) in [6, 6.07) is 13.5. The molecule has 6 heteroatoms. The molecule has 0 saturated carbocycles. The van der Waals surface area contributed by atoms with Gasteiger partial charge in [-0.3, -0.25) is 9.78 Å². The van der Waals surface area contributed by atoms with Crippen LogP contribution < -0.4 is 10.1 Å². The van der Waals surface area contributed by atoms with Crippen molar-refractivity contribution in [3.05, 3.63) is 83.4 Å². The molecule has 0 saturated heterocycles. The second-order valence-corrected chi connectivity index (χ2v) is 6.31. The van der Waals surface area contributed by atoms with E-state index in [1.54, 1.807) is 12.3 Å². The highest BCUT2D eigenvalue weighted by Gasteiger charge is 2.42. The standard InChI is InChI=1S/C20H18N4O2/c1-14-4-6-16(7-5-14)20(24-19(25)15-8-11-22-23-13-15)9-12-26-17-3-2-10-21-18(17)20/h2-8,10-11,13H,9,12H2,1H3,(H,24,25)/t20-/m0/s1. The number of rotatable bonds is 3. The van der Waals surface area contributed by atoms with Gasteiger partial charge in [-0.2, -0.15) is 10.2 Å². The Morgan fingerprint density at radius 1 is 1.12 bits per heavy atom. The summed E-state index contributed by atoms with van der Waals surface area (Å²) in [5, 5.41) is 10.7. The Morgan fingerprint density at radius 2 is 1.96 bits per heavy atom. The Bertz CT molecular complexity index is 928. The van der Waals surface area contributed by atoms with E-state index in [2.05, 4.69) is 20.5 Å². The molecule has 0 fully saturated rings. The number of amides is 1. The lowest BCUT2D eigenvalue weighted by Crippen LogP contribution is -2.50. The van der Waals surface area contributed by atoms with Gasteiger partial charge in [0.2, 0.25) is 0 Å². The third-order valence-corrected chi connectivity index (χ3v) is 4.63. The summed E-state index contributed by atoms with van der Waals surface area (Å²) in [7, 11) is 0. The zero-order chi connectivity index (χ0) is 18.0. The van der Waals surface area contributed by atoms with E-state index >= 15 is 0 Å². The molecule has 0 unspecified atom stereocenters. The first-order valence-corrected chi connectivity index (χ1v) is 8.44. The lowest BCUT2D eigenvalue weighted by atomic mass is 9.81. The SMILES string of the molecule is Cc1ccc([C@@]2(NC(=O)c3ccnnc3)CCOc3cccnc32)cc1. The largest absolute Gasteiger partial charge is 0.491 e. The number of hydrogen-bond donors (Lipinski definition) is 1. The highest BCUT2D eigenvalue weighted by atomic mass is 16.5. The van der Waals surface area contributed by atoms with Crippen LogP contribution in [0.1, 0.15) is 33.6 Å². The van der Waals surface area contributed by atoms with Crippen LogP contribution in [0.15, 0.2) is 61.1 Å². The topological polar surface area (TPSA) is 77.0 Å². The zero-order valence-corrected chi connectivity index (χ0v) is 14.3. The molecule has 3 aromatic rings. The minimum atomic E-state index is -0.761. The van der Waals surface area contributed by atoms with Gasteiger partial charge in [-0.25, -0.2) is 0 Å². The maximum absolute atomic E-state index is 12.9. The molecule has 0 radical (unpaired) electrons. The number of nitrogens with zero attached hydrogens (tertiary/aromatic N) is 3. The predicted molar refractivity (Wildman–Crippen MR) is 95.8 cm³/mol. The summed E-state index contributed by atoms with van der Waals surface area (Å²) in [6.45, 7) is 2.52. The van der Waals surface area contributed by atoms with Gasteiger partial charge in [0.25, 0.3) is 5.91 Å². The zero-order valence-electron chi connectivity index (χ0n) is 14.3. The number of fused-ring (bicyclic) bond motifs is 1. The van der Waals surface area contributed by atoms with Gasteiger partial charge in [-0.1, -0.05) is 29.8 Å². The third kappa shape index (κ3) is 2.79. The number of nitrogens with one attached hydrogen (secondary N) is 1. The van der Waals surface area contributed by atoms with Gasteiger partial charge < -0.3 is 10.1 Å². The van der Waals surface area contributed by atoms with Gasteiger partial charge in [0.15, 0.2) is 0 Å². The van der Waals surface area contributed by atoms with E-state index < -0.39 is 5.54 Å². The van der Waals surface area contributed by atoms with Gasteiger partial charge >= 0.3 is 0 Å². The van der Waals surface area contributed by atoms with Crippen LogP contribution in [0.2, 0.25) is 0 Å². The third-order valence-electron chi connectivity index (χ3n) is 4.63. The molecular weight excluding hydrogens is 328 g/mol. The number of aryl methyl sites for hydroxylation is 1. The maximum Gasteiger partial charge on any atom is 0.253 e. The summed E-state index contributed by atoms with van der Waals surface area (Å²) >= 11 is 0. The van der Waals surface area contributed by atoms with Gasteiger partial charge in [0, 0.05) is 12.6 Å². The Morgan fingerprint density at radius 3 is 2.73 bits per heavy atom. The van der Waals surface area contributed by atoms with Crippen molar-refractivity contribution in [2.45, 2.75) is 18.9 Å². The summed E-state index contributed by atoms with van der Waals surface area (Å²) in [5.74, 6) is 0.464. The first-order valence-electron chi connectivity index (χ1n) is 8.44. The number of hydrogen-bond acceptors (Lipinski definition) is 5. The van der Waals surface area contributed by atoms with Crippen molar-refractivity contribution in [3.8, 4) is 5.75 Å². The summed E-state index contributed by atoms with van der Waals surface area (Å²) in [4.78, 5) is 17.5. The van der Waals surface area contributed by atoms with Gasteiger partial charge in [0.1, 0.15) is 17.0 Å². The maximum atomic E-state index is 12.9. The number of benzene rings is 1. The Labute approximate surface area is 151 Å². The molecule has 1 amide bonds. The molecule has 1 atom stereocenters. The van der Waals surface area contributed by atoms with Crippen molar-refractivity contribution >= 4 is 5.91 Å². The molecule has 130 valence electrons. The lowest BCUT2D eigenvalue weighted by molar-refractivity contribution is 0.0883. The fourth-order valence-electron chi connectivity index (χ4n) is 3.26. The van der Waals surface area contributed by atoms with E-state index in [9.17, 15) is 4.79 Å². The fourth-order valence-corrected chi connectivity index (χ4v) is 3.26. The van der Waals surface area contributed by atoms with Gasteiger partial charge in [-0.05, 0) is 30.7 Å². The van der Waals surface area contributed by atoms with Crippen molar-refractivity contribution in [2.24, 2.45) is 0 Å². The minimum Gasteiger partial charge on any atom is -0.491 e. The van der Waals surface area contributed by atoms with Crippen molar-refractivity contribution in [2.75, 3.05) is 6.61 Å². The Hall–Kier alpha value is -3.28. The average molecular weight is 346 g/mol. The van der Waals surface area contributed by atoms with E-state index in [1.807, 2.05) is 43.3 Å². The summed E-state index contributed by atoms with van der Waals surface area (Å²) in [6.07, 6.45) is 5.27. The van der Waals surface area contributed by atoms with E-state index in [0.29, 0.717) is 30.0 Å². The second kappa shape index (κ2) is 6.55. The quantitative estimate of drug-likeness (QED) is 0.789. The predicted octanol–water partition coefficient (Wildman–Crippen LogP) is 2.64. The molecule has 0 aliphatic carbocycles. The van der Waals surface area contributed by atoms with Gasteiger partial charge in [0.05, 0.1) is 24.6 Å². The molecule has 2 aromatic heterocycles. The van der Waals surface area contributed by atoms with Crippen LogP contribution in [0.4, 0.5) is 0 Å². The van der Waals surface area contributed by atoms with Crippen LogP contribution in [0, 0.1) is 6.92 Å². The molecule has 4 rings (SSSR count). The molecule has 0 bridgehead atoms. The van der Waals surface area contributed by atoms with Gasteiger partial charge in [-0.15, -0.1) is 0 Å². The fraction of sp³-hybridized carbons (Fsp3) is 0.200. The second-order valence-electron chi connectivity index (χ2n) is 6.31. The highest BCUT2D eigenvalue weighted by Crippen LogP contribution is 2.40. The van der Waals surface area contributed by atoms with E-state index in [1.165, 1.54) is 12.4 Å². The molecule has 0 spiro atoms. The summed E-state index contributed by atoms with van der Waals surface area (Å²) < 4.78 is 5.78. The number of pyridine rings is 1. The minimum absolute atomic E-state index is 0.223. The molecule has 1 aliphatic heterocycles. The average Bonchev–Trinajstić information content (AvgIpc) is 2.69. The van der Waals surface area contributed by atoms with Crippen LogP contribution >= 0.6 is 0 Å². The van der Waals surface area contributed by atoms with Crippen LogP contribution in [0.5, 0.6) is 5.75 Å². The van der Waals surface area contributed by atoms with Crippen molar-refractivity contribution in [3.63, 3.8) is 0 Å². The first-order chi connectivity index (χ1) is 12.7. The van der Waals surface area contributed by atoms with Crippen LogP contribution in [-0.4, -0.2) is 27.7 Å². The van der Waals surface area contributed by atoms with Crippen LogP contribution in [-0.2, 0) is 5.54 Å². The van der Waals surface area contributed by atoms with E-state index in [0.717, 1.165) is 11.1 Å². The molecular formula is C20H18N4O2. The van der Waals surface area contributed by atoms with Crippen molar-refractivity contribution in [1.29, 1.82) is 0 Å². The number of ether oxygens (including phenoxy) is 1. The normalized spacial score (nSPS) is 18.5. The molecule has 1 N–H and O–H groups in total. The number of aromatic nitrogens is 3. The first kappa shape index (κ1) is 16.2. The van der Waals surface area contributed by atoms with Crippen molar-refractivity contribution in [1.82, 2.24) is 20.5 Å². The van der Waals surface area contributed by atoms with Crippen LogP contribution in [0.3, 0.4) is 0 Å². The van der Waals surface area contributed by atoms with E-state index in [-0.39, 0.29) is 5.91 Å². The lowest BCUT2D eigenvalue weighted by Gasteiger charge is -2.39. The monoisotopic (exact) mass is 346 g/mol. The molecule has 1 aliphatic rings. The molecule has 3 heterocycles. The molecule has 1 aromatic carbocycles. The number of carbonyl (C=O) groups excluding carboxylic acids is 1. The Balaban J connectivity index is 1.83. The van der Waals surface area contributed by atoms with E-state index in [4.69, 9.17) is 4.74 Å². The molecule has 6 nitrogen and oxygen atoms in total.